The van der Waals surface area contributed by atoms with Crippen LogP contribution in [0, 0.1) is 10.1 Å². The molecule has 0 spiro atoms. The normalized spacial score (nSPS) is 16.2. The molecule has 1 aromatic heterocycles. The van der Waals surface area contributed by atoms with Crippen LogP contribution in [0.2, 0.25) is 5.02 Å². The van der Waals surface area contributed by atoms with E-state index in [9.17, 15) is 19.7 Å². The summed E-state index contributed by atoms with van der Waals surface area (Å²) in [6.07, 6.45) is 3.31. The number of nitro groups is 1. The van der Waals surface area contributed by atoms with Gasteiger partial charge in [0.25, 0.3) is 16.8 Å². The van der Waals surface area contributed by atoms with Crippen LogP contribution < -0.4 is 9.47 Å². The molecule has 2 aliphatic rings. The molecule has 0 aliphatic carbocycles. The molecule has 2 aliphatic heterocycles. The van der Waals surface area contributed by atoms with Crippen LogP contribution >= 0.6 is 23.4 Å². The number of non-ortho nitro benzene ring substituents is 1. The number of ether oxygens (including phenoxy) is 2. The number of fused-ring (bicyclic) bond motifs is 1. The highest BCUT2D eigenvalue weighted by Gasteiger charge is 2.36. The van der Waals surface area contributed by atoms with Gasteiger partial charge in [-0.15, -0.1) is 0 Å². The summed E-state index contributed by atoms with van der Waals surface area (Å²) in [7, 11) is 0. The van der Waals surface area contributed by atoms with Crippen molar-refractivity contribution in [1.82, 2.24) is 9.47 Å². The molecule has 0 bridgehead atoms. The second-order valence-electron chi connectivity index (χ2n) is 7.14. The third kappa shape index (κ3) is 3.94. The van der Waals surface area contributed by atoms with E-state index in [1.165, 1.54) is 12.1 Å². The summed E-state index contributed by atoms with van der Waals surface area (Å²) in [5, 5.41) is 11.0. The molecule has 0 unspecified atom stereocenters. The first-order valence-corrected chi connectivity index (χ1v) is 10.9. The van der Waals surface area contributed by atoms with Crippen molar-refractivity contribution in [3.63, 3.8) is 0 Å². The zero-order chi connectivity index (χ0) is 23.1. The third-order valence-corrected chi connectivity index (χ3v) is 6.38. The van der Waals surface area contributed by atoms with E-state index < -0.39 is 16.1 Å². The van der Waals surface area contributed by atoms with Crippen molar-refractivity contribution in [2.24, 2.45) is 0 Å². The number of benzene rings is 2. The van der Waals surface area contributed by atoms with Gasteiger partial charge >= 0.3 is 0 Å². The summed E-state index contributed by atoms with van der Waals surface area (Å²) >= 11 is 7.12. The predicted molar refractivity (Wildman–Crippen MR) is 122 cm³/mol. The Kier molecular flexibility index (Phi) is 5.31. The Bertz CT molecular complexity index is 1350. The maximum Gasteiger partial charge on any atom is 0.293 e. The Morgan fingerprint density at radius 3 is 2.70 bits per heavy atom. The van der Waals surface area contributed by atoms with E-state index >= 15 is 0 Å². The summed E-state index contributed by atoms with van der Waals surface area (Å²) < 4.78 is 12.3. The van der Waals surface area contributed by atoms with Gasteiger partial charge in [0.2, 0.25) is 6.79 Å². The fourth-order valence-electron chi connectivity index (χ4n) is 3.52. The molecular formula is C22H14ClN3O6S. The molecule has 2 amide bonds. The van der Waals surface area contributed by atoms with Gasteiger partial charge in [-0.05, 0) is 47.7 Å². The van der Waals surface area contributed by atoms with E-state index in [1.807, 2.05) is 0 Å². The minimum atomic E-state index is -0.473. The summed E-state index contributed by atoms with van der Waals surface area (Å²) in [6, 6.07) is 12.9. The number of rotatable bonds is 5. The SMILES string of the molecule is O=C1S/C(=C\c2cccn2-c2cccc([N+](=O)[O-])c2)C(=O)N1Cc1cc2c(cc1Cl)OCO2. The van der Waals surface area contributed by atoms with Gasteiger partial charge in [0, 0.05) is 35.1 Å². The van der Waals surface area contributed by atoms with Gasteiger partial charge in [-0.25, -0.2) is 0 Å². The van der Waals surface area contributed by atoms with Gasteiger partial charge in [-0.3, -0.25) is 24.6 Å². The van der Waals surface area contributed by atoms with Gasteiger partial charge in [0.05, 0.1) is 22.1 Å². The standard InChI is InChI=1S/C22H14ClN3O6S/c23-17-10-19-18(31-12-32-19)7-13(17)11-25-21(27)20(33-22(25)28)9-15-5-2-6-24(15)14-3-1-4-16(8-14)26(29)30/h1-10H,11-12H2/b20-9-. The lowest BCUT2D eigenvalue weighted by Crippen LogP contribution is -2.27. The van der Waals surface area contributed by atoms with E-state index in [2.05, 4.69) is 0 Å². The molecule has 9 nitrogen and oxygen atoms in total. The average Bonchev–Trinajstić information content (AvgIpc) is 3.50. The van der Waals surface area contributed by atoms with Crippen LogP contribution in [-0.2, 0) is 11.3 Å². The number of thioether (sulfide) groups is 1. The first-order chi connectivity index (χ1) is 15.9. The largest absolute Gasteiger partial charge is 0.454 e. The lowest BCUT2D eigenvalue weighted by molar-refractivity contribution is -0.384. The van der Waals surface area contributed by atoms with E-state index in [4.69, 9.17) is 21.1 Å². The predicted octanol–water partition coefficient (Wildman–Crippen LogP) is 5.00. The Hall–Kier alpha value is -3.76. The highest BCUT2D eigenvalue weighted by molar-refractivity contribution is 8.18. The Balaban J connectivity index is 1.42. The first kappa shape index (κ1) is 21.1. The minimum Gasteiger partial charge on any atom is -0.454 e. The van der Waals surface area contributed by atoms with E-state index in [0.717, 1.165) is 16.7 Å². The van der Waals surface area contributed by atoms with Gasteiger partial charge in [-0.1, -0.05) is 17.7 Å². The van der Waals surface area contributed by atoms with Crippen molar-refractivity contribution in [3.8, 4) is 17.2 Å². The van der Waals surface area contributed by atoms with Gasteiger partial charge < -0.3 is 14.0 Å². The van der Waals surface area contributed by atoms with E-state index in [0.29, 0.717) is 33.5 Å². The van der Waals surface area contributed by atoms with Crippen molar-refractivity contribution in [3.05, 3.63) is 86.0 Å². The number of hydrogen-bond acceptors (Lipinski definition) is 7. The highest BCUT2D eigenvalue weighted by Crippen LogP contribution is 2.39. The maximum absolute atomic E-state index is 13.0. The molecule has 0 radical (unpaired) electrons. The summed E-state index contributed by atoms with van der Waals surface area (Å²) in [6.45, 7) is 0.0764. The van der Waals surface area contributed by atoms with Gasteiger partial charge in [-0.2, -0.15) is 0 Å². The van der Waals surface area contributed by atoms with Crippen LogP contribution in [0.1, 0.15) is 11.3 Å². The zero-order valence-corrected chi connectivity index (χ0v) is 18.3. The molecule has 2 aromatic carbocycles. The van der Waals surface area contributed by atoms with Crippen LogP contribution in [0.15, 0.2) is 59.6 Å². The van der Waals surface area contributed by atoms with E-state index in [-0.39, 0.29) is 23.9 Å². The number of carbonyl (C=O) groups excluding carboxylic acids is 2. The fourth-order valence-corrected chi connectivity index (χ4v) is 4.56. The number of hydrogen-bond donors (Lipinski definition) is 0. The number of halogens is 1. The van der Waals surface area contributed by atoms with Gasteiger partial charge in [0.15, 0.2) is 11.5 Å². The molecule has 5 rings (SSSR count). The molecule has 0 saturated carbocycles. The lowest BCUT2D eigenvalue weighted by Gasteiger charge is -2.14. The highest BCUT2D eigenvalue weighted by atomic mass is 35.5. The van der Waals surface area contributed by atoms with Crippen LogP contribution in [0.25, 0.3) is 11.8 Å². The van der Waals surface area contributed by atoms with E-state index in [1.54, 1.807) is 53.2 Å². The molecule has 33 heavy (non-hydrogen) atoms. The number of carbonyl (C=O) groups is 2. The molecule has 3 aromatic rings. The Morgan fingerprint density at radius 1 is 1.12 bits per heavy atom. The number of aromatic nitrogens is 1. The second-order valence-corrected chi connectivity index (χ2v) is 8.55. The molecule has 0 N–H and O–H groups in total. The first-order valence-electron chi connectivity index (χ1n) is 9.66. The number of imide groups is 1. The monoisotopic (exact) mass is 483 g/mol. The van der Waals surface area contributed by atoms with Crippen molar-refractivity contribution < 1.29 is 24.0 Å². The summed E-state index contributed by atoms with van der Waals surface area (Å²) in [5.41, 5.74) is 1.67. The maximum atomic E-state index is 13.0. The molecule has 1 fully saturated rings. The molecule has 11 heteroatoms. The smallest absolute Gasteiger partial charge is 0.293 e. The van der Waals surface area contributed by atoms with Crippen molar-refractivity contribution >= 4 is 46.3 Å². The zero-order valence-electron chi connectivity index (χ0n) is 16.8. The molecule has 166 valence electrons. The lowest BCUT2D eigenvalue weighted by atomic mass is 10.2. The summed E-state index contributed by atoms with van der Waals surface area (Å²) in [5.74, 6) is 0.567. The quantitative estimate of drug-likeness (QED) is 0.285. The Morgan fingerprint density at radius 2 is 1.91 bits per heavy atom. The number of nitrogens with zero attached hydrogens (tertiary/aromatic N) is 3. The van der Waals surface area contributed by atoms with Gasteiger partial charge in [0.1, 0.15) is 0 Å². The molecular weight excluding hydrogens is 470 g/mol. The van der Waals surface area contributed by atoms with Crippen molar-refractivity contribution in [1.29, 1.82) is 0 Å². The topological polar surface area (TPSA) is 104 Å². The molecule has 0 atom stereocenters. The Labute approximate surface area is 196 Å². The number of nitro benzene ring substituents is 1. The number of amides is 2. The minimum absolute atomic E-state index is 0.0105. The van der Waals surface area contributed by atoms with Crippen molar-refractivity contribution in [2.45, 2.75) is 6.54 Å². The average molecular weight is 484 g/mol. The van der Waals surface area contributed by atoms with Crippen LogP contribution in [-0.4, -0.2) is 32.3 Å². The van der Waals surface area contributed by atoms with Crippen LogP contribution in [0.4, 0.5) is 10.5 Å². The second kappa shape index (κ2) is 8.30. The van der Waals surface area contributed by atoms with Crippen LogP contribution in [0.3, 0.4) is 0 Å². The molecule has 3 heterocycles. The van der Waals surface area contributed by atoms with Crippen molar-refractivity contribution in [2.75, 3.05) is 6.79 Å². The molecule has 1 saturated heterocycles. The fraction of sp³-hybridized carbons (Fsp3) is 0.0909. The van der Waals surface area contributed by atoms with Crippen LogP contribution in [0.5, 0.6) is 11.5 Å². The summed E-state index contributed by atoms with van der Waals surface area (Å²) in [4.78, 5) is 37.6. The third-order valence-electron chi connectivity index (χ3n) is 5.12.